The number of methoxy groups -OCH3 is 1. The molecule has 2 N–H and O–H groups in total. The molecule has 1 aromatic carbocycles. The fourth-order valence-corrected chi connectivity index (χ4v) is 4.69. The molecule has 0 saturated heterocycles. The number of carbonyl (C=O) groups excluding carboxylic acids is 1. The Morgan fingerprint density at radius 3 is 2.45 bits per heavy atom. The van der Waals surface area contributed by atoms with E-state index >= 15 is 0 Å². The standard InChI is InChI=1S/C20H27N3O5S/c1-4-28-20(24)19-18(23-29(25,26)16-11-5-13(2)6-12-16)17(21-22-19)14-7-9-15(27-3)10-8-14/h5-6,11-12,14-15,23H,4,7-10H2,1-3H3,(H,21,22). The summed E-state index contributed by atoms with van der Waals surface area (Å²) in [6, 6.07) is 6.52. The SMILES string of the molecule is CCOC(=O)c1n[nH]c(C2CCC(OC)CC2)c1NS(=O)(=O)c1ccc(C)cc1. The normalized spacial score (nSPS) is 19.7. The molecule has 9 heteroatoms. The quantitative estimate of drug-likeness (QED) is 0.663. The number of hydrogen-bond acceptors (Lipinski definition) is 6. The van der Waals surface area contributed by atoms with Gasteiger partial charge in [-0.3, -0.25) is 9.82 Å². The largest absolute Gasteiger partial charge is 0.461 e. The second-order valence-corrected chi connectivity index (χ2v) is 8.89. The number of benzene rings is 1. The smallest absolute Gasteiger partial charge is 0.361 e. The lowest BCUT2D eigenvalue weighted by Crippen LogP contribution is -2.21. The molecular formula is C20H27N3O5S. The number of aryl methyl sites for hydroxylation is 1. The van der Waals surface area contributed by atoms with Crippen LogP contribution in [0.4, 0.5) is 5.69 Å². The van der Waals surface area contributed by atoms with Crippen molar-refractivity contribution >= 4 is 21.7 Å². The Morgan fingerprint density at radius 1 is 1.21 bits per heavy atom. The molecule has 3 rings (SSSR count). The van der Waals surface area contributed by atoms with E-state index in [1.807, 2.05) is 6.92 Å². The van der Waals surface area contributed by atoms with Gasteiger partial charge < -0.3 is 9.47 Å². The lowest BCUT2D eigenvalue weighted by Gasteiger charge is -2.27. The number of esters is 1. The van der Waals surface area contributed by atoms with Crippen LogP contribution < -0.4 is 4.72 Å². The van der Waals surface area contributed by atoms with Crippen LogP contribution in [0.3, 0.4) is 0 Å². The first-order valence-electron chi connectivity index (χ1n) is 9.73. The lowest BCUT2D eigenvalue weighted by atomic mass is 9.84. The van der Waals surface area contributed by atoms with Crippen LogP contribution in [0, 0.1) is 6.92 Å². The zero-order valence-corrected chi connectivity index (χ0v) is 17.7. The summed E-state index contributed by atoms with van der Waals surface area (Å²) in [6.07, 6.45) is 3.54. The maximum atomic E-state index is 13.0. The third-order valence-corrected chi connectivity index (χ3v) is 6.61. The monoisotopic (exact) mass is 421 g/mol. The number of nitrogens with one attached hydrogen (secondary N) is 2. The van der Waals surface area contributed by atoms with Gasteiger partial charge in [0.1, 0.15) is 5.69 Å². The van der Waals surface area contributed by atoms with Gasteiger partial charge in [0.05, 0.1) is 23.3 Å². The highest BCUT2D eigenvalue weighted by atomic mass is 32.2. The summed E-state index contributed by atoms with van der Waals surface area (Å²) in [5, 5.41) is 6.96. The number of hydrogen-bond donors (Lipinski definition) is 2. The molecule has 1 fully saturated rings. The third kappa shape index (κ3) is 4.79. The van der Waals surface area contributed by atoms with Crippen LogP contribution in [0.1, 0.15) is 60.3 Å². The van der Waals surface area contributed by atoms with Crippen molar-refractivity contribution in [1.29, 1.82) is 0 Å². The van der Waals surface area contributed by atoms with Crippen molar-refractivity contribution in [3.8, 4) is 0 Å². The number of anilines is 1. The number of nitrogens with zero attached hydrogens (tertiary/aromatic N) is 1. The van der Waals surface area contributed by atoms with E-state index in [0.29, 0.717) is 5.69 Å². The van der Waals surface area contributed by atoms with E-state index in [1.54, 1.807) is 26.2 Å². The van der Waals surface area contributed by atoms with E-state index in [4.69, 9.17) is 9.47 Å². The molecule has 2 aromatic rings. The second kappa shape index (κ2) is 8.96. The van der Waals surface area contributed by atoms with Crippen LogP contribution in [0.5, 0.6) is 0 Å². The highest BCUT2D eigenvalue weighted by molar-refractivity contribution is 7.92. The van der Waals surface area contributed by atoms with Gasteiger partial charge in [-0.15, -0.1) is 0 Å². The second-order valence-electron chi connectivity index (χ2n) is 7.21. The minimum atomic E-state index is -3.89. The molecule has 8 nitrogen and oxygen atoms in total. The van der Waals surface area contributed by atoms with Crippen LogP contribution in [-0.2, 0) is 19.5 Å². The highest BCUT2D eigenvalue weighted by Gasteiger charge is 2.31. The fraction of sp³-hybridized carbons (Fsp3) is 0.500. The zero-order valence-electron chi connectivity index (χ0n) is 16.9. The van der Waals surface area contributed by atoms with Crippen molar-refractivity contribution in [2.75, 3.05) is 18.4 Å². The molecule has 0 spiro atoms. The number of ether oxygens (including phenoxy) is 2. The summed E-state index contributed by atoms with van der Waals surface area (Å²) < 4.78 is 39.0. The number of sulfonamides is 1. The molecule has 158 valence electrons. The summed E-state index contributed by atoms with van der Waals surface area (Å²) in [6.45, 7) is 3.74. The number of rotatable bonds is 7. The van der Waals surface area contributed by atoms with Crippen molar-refractivity contribution in [2.45, 2.75) is 56.4 Å². The van der Waals surface area contributed by atoms with Crippen molar-refractivity contribution in [3.05, 3.63) is 41.2 Å². The molecule has 0 atom stereocenters. The highest BCUT2D eigenvalue weighted by Crippen LogP contribution is 2.38. The van der Waals surface area contributed by atoms with Crippen LogP contribution in [-0.4, -0.2) is 44.4 Å². The maximum Gasteiger partial charge on any atom is 0.361 e. The van der Waals surface area contributed by atoms with Crippen LogP contribution in [0.25, 0.3) is 0 Å². The fourth-order valence-electron chi connectivity index (χ4n) is 3.60. The Balaban J connectivity index is 1.95. The maximum absolute atomic E-state index is 13.0. The minimum absolute atomic E-state index is 0.0489. The molecule has 0 unspecified atom stereocenters. The molecule has 0 amide bonds. The average molecular weight is 422 g/mol. The number of carbonyl (C=O) groups is 1. The summed E-state index contributed by atoms with van der Waals surface area (Å²) in [7, 11) is -2.19. The van der Waals surface area contributed by atoms with E-state index in [-0.39, 0.29) is 34.9 Å². The van der Waals surface area contributed by atoms with Crippen molar-refractivity contribution in [1.82, 2.24) is 10.2 Å². The molecule has 29 heavy (non-hydrogen) atoms. The van der Waals surface area contributed by atoms with Gasteiger partial charge in [0.15, 0.2) is 5.69 Å². The van der Waals surface area contributed by atoms with Crippen LogP contribution in [0.15, 0.2) is 29.2 Å². The van der Waals surface area contributed by atoms with Gasteiger partial charge in [-0.2, -0.15) is 5.10 Å². The van der Waals surface area contributed by atoms with Gasteiger partial charge in [-0.1, -0.05) is 17.7 Å². The topological polar surface area (TPSA) is 110 Å². The van der Waals surface area contributed by atoms with Gasteiger partial charge in [0.2, 0.25) is 0 Å². The lowest BCUT2D eigenvalue weighted by molar-refractivity contribution is 0.0520. The van der Waals surface area contributed by atoms with E-state index < -0.39 is 16.0 Å². The first kappa shape index (κ1) is 21.3. The Labute approximate surface area is 171 Å². The number of H-pyrrole nitrogens is 1. The molecule has 0 aliphatic heterocycles. The summed E-state index contributed by atoms with van der Waals surface area (Å²) in [5.74, 6) is -0.616. The Hall–Kier alpha value is -2.39. The average Bonchev–Trinajstić information content (AvgIpc) is 3.11. The van der Waals surface area contributed by atoms with E-state index in [1.165, 1.54) is 12.1 Å². The van der Waals surface area contributed by atoms with Gasteiger partial charge in [0.25, 0.3) is 10.0 Å². The Kier molecular flexibility index (Phi) is 6.59. The van der Waals surface area contributed by atoms with Gasteiger partial charge in [-0.05, 0) is 51.7 Å². The minimum Gasteiger partial charge on any atom is -0.461 e. The molecule has 0 radical (unpaired) electrons. The molecular weight excluding hydrogens is 394 g/mol. The predicted octanol–water partition coefficient (Wildman–Crippen LogP) is 3.37. The van der Waals surface area contributed by atoms with E-state index in [2.05, 4.69) is 14.9 Å². The van der Waals surface area contributed by atoms with Gasteiger partial charge in [0, 0.05) is 13.0 Å². The number of aromatic nitrogens is 2. The van der Waals surface area contributed by atoms with Crippen molar-refractivity contribution < 1.29 is 22.7 Å². The van der Waals surface area contributed by atoms with Crippen LogP contribution >= 0.6 is 0 Å². The van der Waals surface area contributed by atoms with E-state index in [9.17, 15) is 13.2 Å². The Morgan fingerprint density at radius 2 is 1.86 bits per heavy atom. The zero-order chi connectivity index (χ0) is 21.0. The van der Waals surface area contributed by atoms with Gasteiger partial charge in [-0.25, -0.2) is 13.2 Å². The summed E-state index contributed by atoms with van der Waals surface area (Å²) >= 11 is 0. The molecule has 1 heterocycles. The molecule has 0 bridgehead atoms. The van der Waals surface area contributed by atoms with Crippen molar-refractivity contribution in [3.63, 3.8) is 0 Å². The van der Waals surface area contributed by atoms with E-state index in [0.717, 1.165) is 31.2 Å². The summed E-state index contributed by atoms with van der Waals surface area (Å²) in [5.41, 5.74) is 1.68. The molecule has 1 aliphatic rings. The molecule has 1 saturated carbocycles. The molecule has 1 aromatic heterocycles. The molecule has 1 aliphatic carbocycles. The predicted molar refractivity (Wildman–Crippen MR) is 109 cm³/mol. The van der Waals surface area contributed by atoms with Gasteiger partial charge >= 0.3 is 5.97 Å². The Bertz CT molecular complexity index is 945. The third-order valence-electron chi connectivity index (χ3n) is 5.25. The summed E-state index contributed by atoms with van der Waals surface area (Å²) in [4.78, 5) is 12.5. The van der Waals surface area contributed by atoms with Crippen molar-refractivity contribution in [2.24, 2.45) is 0 Å². The first-order valence-corrected chi connectivity index (χ1v) is 11.2. The first-order chi connectivity index (χ1) is 13.9. The van der Waals surface area contributed by atoms with Crippen LogP contribution in [0.2, 0.25) is 0 Å². The number of aromatic amines is 1.